The van der Waals surface area contributed by atoms with Gasteiger partial charge in [-0.15, -0.1) is 0 Å². The normalized spacial score (nSPS) is 12.2. The fourth-order valence-electron chi connectivity index (χ4n) is 8.56. The van der Waals surface area contributed by atoms with E-state index in [1.807, 2.05) is 18.2 Å². The van der Waals surface area contributed by atoms with E-state index >= 15 is 0 Å². The van der Waals surface area contributed by atoms with E-state index in [0.717, 1.165) is 49.6 Å². The van der Waals surface area contributed by atoms with Crippen LogP contribution in [0.15, 0.2) is 179 Å². The van der Waals surface area contributed by atoms with Gasteiger partial charge < -0.3 is 18.0 Å². The molecule has 4 nitrogen and oxygen atoms in total. The van der Waals surface area contributed by atoms with Crippen molar-refractivity contribution in [1.29, 1.82) is 0 Å². The highest BCUT2D eigenvalue weighted by molar-refractivity contribution is 6.16. The molecule has 0 bridgehead atoms. The highest BCUT2D eigenvalue weighted by atomic mass is 16.3. The molecule has 242 valence electrons. The van der Waals surface area contributed by atoms with Gasteiger partial charge in [0.2, 0.25) is 0 Å². The van der Waals surface area contributed by atoms with E-state index < -0.39 is 0 Å². The Bertz CT molecular complexity index is 3410. The number of benzene rings is 8. The van der Waals surface area contributed by atoms with Crippen molar-refractivity contribution >= 4 is 87.5 Å². The molecule has 0 saturated heterocycles. The quantitative estimate of drug-likeness (QED) is 0.188. The molecule has 4 heterocycles. The molecule has 4 aromatic heterocycles. The van der Waals surface area contributed by atoms with E-state index in [9.17, 15) is 0 Å². The Morgan fingerprint density at radius 1 is 0.269 bits per heavy atom. The smallest absolute Gasteiger partial charge is 0.136 e. The molecular formula is C48H28N2O2. The molecular weight excluding hydrogens is 637 g/mol. The summed E-state index contributed by atoms with van der Waals surface area (Å²) in [5.41, 5.74) is 12.9. The van der Waals surface area contributed by atoms with Gasteiger partial charge in [0.05, 0.1) is 22.1 Å². The highest BCUT2D eigenvalue weighted by Gasteiger charge is 2.18. The van der Waals surface area contributed by atoms with Crippen molar-refractivity contribution in [2.45, 2.75) is 0 Å². The van der Waals surface area contributed by atoms with Crippen LogP contribution in [-0.2, 0) is 0 Å². The van der Waals surface area contributed by atoms with Crippen LogP contribution in [-0.4, -0.2) is 9.13 Å². The number of fused-ring (bicyclic) bond motifs is 12. The Morgan fingerprint density at radius 2 is 0.750 bits per heavy atom. The van der Waals surface area contributed by atoms with Crippen LogP contribution >= 0.6 is 0 Å². The third-order valence-corrected chi connectivity index (χ3v) is 10.9. The van der Waals surface area contributed by atoms with Gasteiger partial charge >= 0.3 is 0 Å². The maximum absolute atomic E-state index is 6.42. The van der Waals surface area contributed by atoms with Crippen LogP contribution in [0.2, 0.25) is 0 Å². The zero-order chi connectivity index (χ0) is 33.9. The first kappa shape index (κ1) is 27.7. The van der Waals surface area contributed by atoms with Crippen LogP contribution in [0.4, 0.5) is 0 Å². The maximum Gasteiger partial charge on any atom is 0.136 e. The minimum atomic E-state index is 0.863. The molecule has 0 fully saturated rings. The van der Waals surface area contributed by atoms with Gasteiger partial charge in [-0.25, -0.2) is 0 Å². The van der Waals surface area contributed by atoms with E-state index in [2.05, 4.69) is 161 Å². The van der Waals surface area contributed by atoms with Crippen LogP contribution in [0.1, 0.15) is 0 Å². The summed E-state index contributed by atoms with van der Waals surface area (Å²) in [5, 5.41) is 9.24. The lowest BCUT2D eigenvalue weighted by Gasteiger charge is -2.09. The number of aromatic nitrogens is 2. The number of hydrogen-bond acceptors (Lipinski definition) is 2. The van der Waals surface area contributed by atoms with Gasteiger partial charge in [0.25, 0.3) is 0 Å². The minimum absolute atomic E-state index is 0.863. The first-order valence-electron chi connectivity index (χ1n) is 17.7. The molecule has 12 aromatic rings. The fraction of sp³-hybridized carbons (Fsp3) is 0. The molecule has 4 heteroatoms. The number of hydrogen-bond donors (Lipinski definition) is 0. The van der Waals surface area contributed by atoms with Crippen LogP contribution in [0.25, 0.3) is 110 Å². The molecule has 12 rings (SSSR count). The summed E-state index contributed by atoms with van der Waals surface area (Å²) in [6.07, 6.45) is 0. The van der Waals surface area contributed by atoms with Crippen LogP contribution < -0.4 is 0 Å². The fourth-order valence-corrected chi connectivity index (χ4v) is 8.56. The van der Waals surface area contributed by atoms with E-state index in [0.29, 0.717) is 0 Å². The summed E-state index contributed by atoms with van der Waals surface area (Å²) in [5.74, 6) is 0. The van der Waals surface area contributed by atoms with Gasteiger partial charge in [-0.2, -0.15) is 0 Å². The average Bonchev–Trinajstić information content (AvgIpc) is 3.94. The lowest BCUT2D eigenvalue weighted by Crippen LogP contribution is -1.93. The Balaban J connectivity index is 1.03. The molecule has 0 N–H and O–H groups in total. The van der Waals surface area contributed by atoms with Crippen molar-refractivity contribution in [3.05, 3.63) is 170 Å². The second-order valence-electron chi connectivity index (χ2n) is 13.7. The molecule has 0 unspecified atom stereocenters. The number of para-hydroxylation sites is 4. The third-order valence-electron chi connectivity index (χ3n) is 10.9. The minimum Gasteiger partial charge on any atom is -0.456 e. The summed E-state index contributed by atoms with van der Waals surface area (Å²) < 4.78 is 17.4. The zero-order valence-corrected chi connectivity index (χ0v) is 27.9. The van der Waals surface area contributed by atoms with Gasteiger partial charge in [-0.3, -0.25) is 0 Å². The predicted octanol–water partition coefficient (Wildman–Crippen LogP) is 13.3. The first-order valence-corrected chi connectivity index (χ1v) is 17.7. The third kappa shape index (κ3) is 3.81. The van der Waals surface area contributed by atoms with Crippen LogP contribution in [0.5, 0.6) is 0 Å². The van der Waals surface area contributed by atoms with Gasteiger partial charge in [0, 0.05) is 54.5 Å². The zero-order valence-electron chi connectivity index (χ0n) is 27.9. The molecule has 8 aromatic carbocycles. The number of furan rings is 2. The molecule has 0 amide bonds. The molecule has 0 aliphatic rings. The van der Waals surface area contributed by atoms with Crippen LogP contribution in [0.3, 0.4) is 0 Å². The molecule has 0 spiro atoms. The number of rotatable bonds is 3. The highest BCUT2D eigenvalue weighted by Crippen LogP contribution is 2.41. The first-order chi connectivity index (χ1) is 25.8. The SMILES string of the molecule is c1ccc(-n2c3ccccc3c3cc(-c4ccc5c(c4)c4ccccc4n5-c4ccc5oc6cc7c(cc6c5c4)oc4ccccc47)ccc32)cc1. The van der Waals surface area contributed by atoms with Crippen molar-refractivity contribution in [3.63, 3.8) is 0 Å². The maximum atomic E-state index is 6.42. The Hall–Kier alpha value is -7.04. The van der Waals surface area contributed by atoms with Crippen LogP contribution in [0, 0.1) is 0 Å². The summed E-state index contributed by atoms with van der Waals surface area (Å²) in [4.78, 5) is 0. The van der Waals surface area contributed by atoms with Crippen molar-refractivity contribution in [3.8, 4) is 22.5 Å². The van der Waals surface area contributed by atoms with Gasteiger partial charge in [-0.1, -0.05) is 84.9 Å². The molecule has 0 aliphatic carbocycles. The van der Waals surface area contributed by atoms with Gasteiger partial charge in [-0.05, 0) is 96.1 Å². The van der Waals surface area contributed by atoms with E-state index in [4.69, 9.17) is 8.83 Å². The van der Waals surface area contributed by atoms with E-state index in [-0.39, 0.29) is 0 Å². The molecule has 0 atom stereocenters. The molecule has 0 saturated carbocycles. The van der Waals surface area contributed by atoms with Crippen molar-refractivity contribution < 1.29 is 8.83 Å². The lowest BCUT2D eigenvalue weighted by molar-refractivity contribution is 0.664. The predicted molar refractivity (Wildman–Crippen MR) is 215 cm³/mol. The lowest BCUT2D eigenvalue weighted by atomic mass is 10.0. The standard InChI is InChI=1S/C48H28N2O2/c1-2-10-31(11-3-1)49-41-15-7-4-12-33(41)36-24-29(18-21-43(36)49)30-19-22-44-37(25-30)34-13-5-8-16-42(34)50(44)32-20-23-46-38(26-32)40-28-47-39(27-48(40)52-46)35-14-6-9-17-45(35)51-47/h1-28H. The summed E-state index contributed by atoms with van der Waals surface area (Å²) in [7, 11) is 0. The largest absolute Gasteiger partial charge is 0.456 e. The summed E-state index contributed by atoms with van der Waals surface area (Å²) in [6.45, 7) is 0. The van der Waals surface area contributed by atoms with E-state index in [1.54, 1.807) is 0 Å². The van der Waals surface area contributed by atoms with Crippen molar-refractivity contribution in [2.75, 3.05) is 0 Å². The molecule has 52 heavy (non-hydrogen) atoms. The number of nitrogens with zero attached hydrogens (tertiary/aromatic N) is 2. The van der Waals surface area contributed by atoms with Crippen molar-refractivity contribution in [1.82, 2.24) is 9.13 Å². The summed E-state index contributed by atoms with van der Waals surface area (Å²) in [6, 6.07) is 60.8. The summed E-state index contributed by atoms with van der Waals surface area (Å²) >= 11 is 0. The molecule has 0 aliphatic heterocycles. The Labute approximate surface area is 296 Å². The second-order valence-corrected chi connectivity index (χ2v) is 13.7. The van der Waals surface area contributed by atoms with Gasteiger partial charge in [0.1, 0.15) is 22.3 Å². The Kier molecular flexibility index (Phi) is 5.47. The second kappa shape index (κ2) is 10.3. The van der Waals surface area contributed by atoms with Crippen molar-refractivity contribution in [2.24, 2.45) is 0 Å². The molecule has 0 radical (unpaired) electrons. The average molecular weight is 665 g/mol. The Morgan fingerprint density at radius 3 is 1.40 bits per heavy atom. The monoisotopic (exact) mass is 664 g/mol. The van der Waals surface area contributed by atoms with E-state index in [1.165, 1.54) is 60.4 Å². The topological polar surface area (TPSA) is 36.1 Å². The van der Waals surface area contributed by atoms with Gasteiger partial charge in [0.15, 0.2) is 0 Å².